The maximum absolute atomic E-state index is 6.74. The van der Waals surface area contributed by atoms with Gasteiger partial charge in [-0.3, -0.25) is 4.98 Å². The molecule has 2 atom stereocenters. The van der Waals surface area contributed by atoms with Gasteiger partial charge in [-0.2, -0.15) is 9.61 Å². The van der Waals surface area contributed by atoms with Crippen molar-refractivity contribution in [3.8, 4) is 22.4 Å². The lowest BCUT2D eigenvalue weighted by molar-refractivity contribution is 0.287. The van der Waals surface area contributed by atoms with Crippen molar-refractivity contribution in [1.82, 2.24) is 24.5 Å². The standard InChI is InChI=1S/C31H38N6/c1-8-12-24(17-22(6)36(7)21(4)5)29-28(20(2)3)30(32)37-31(35-29)26(19-34-37)25-15-16-27(33-18-25)23-13-10-9-11-14-23/h9-11,13-16,18-19,22,24H,2,4,8,12,17,32H2,1,3,5-7H3. The summed E-state index contributed by atoms with van der Waals surface area (Å²) in [4.78, 5) is 12.2. The Kier molecular flexibility index (Phi) is 7.77. The van der Waals surface area contributed by atoms with Crippen LogP contribution in [0.2, 0.25) is 0 Å². The molecule has 3 aromatic heterocycles. The maximum atomic E-state index is 6.74. The summed E-state index contributed by atoms with van der Waals surface area (Å²) in [5, 5.41) is 4.62. The first kappa shape index (κ1) is 26.1. The van der Waals surface area contributed by atoms with Crippen LogP contribution in [-0.4, -0.2) is 37.6 Å². The number of aromatic nitrogens is 4. The molecule has 0 aliphatic heterocycles. The van der Waals surface area contributed by atoms with Gasteiger partial charge in [-0.15, -0.1) is 0 Å². The van der Waals surface area contributed by atoms with Crippen LogP contribution < -0.4 is 5.73 Å². The molecular formula is C31H38N6. The van der Waals surface area contributed by atoms with E-state index in [1.54, 1.807) is 4.52 Å². The molecular weight excluding hydrogens is 456 g/mol. The lowest BCUT2D eigenvalue weighted by Crippen LogP contribution is -2.29. The zero-order valence-corrected chi connectivity index (χ0v) is 22.7. The Balaban J connectivity index is 1.81. The monoisotopic (exact) mass is 494 g/mol. The number of hydrogen-bond donors (Lipinski definition) is 1. The van der Waals surface area contributed by atoms with E-state index in [-0.39, 0.29) is 5.92 Å². The molecule has 1 aromatic carbocycles. The average Bonchev–Trinajstić information content (AvgIpc) is 3.32. The molecule has 0 radical (unpaired) electrons. The van der Waals surface area contributed by atoms with Gasteiger partial charge in [0.25, 0.3) is 0 Å². The number of nitrogens with zero attached hydrogens (tertiary/aromatic N) is 5. The number of fused-ring (bicyclic) bond motifs is 1. The molecule has 6 heteroatoms. The highest BCUT2D eigenvalue weighted by Gasteiger charge is 2.26. The second-order valence-corrected chi connectivity index (χ2v) is 10.0. The van der Waals surface area contributed by atoms with Gasteiger partial charge in [-0.25, -0.2) is 4.98 Å². The third-order valence-electron chi connectivity index (χ3n) is 7.19. The molecule has 6 nitrogen and oxygen atoms in total. The number of pyridine rings is 1. The normalized spacial score (nSPS) is 12.9. The SMILES string of the molecule is C=C(C)c1c(C(CCC)CC(C)N(C)C(=C)C)nc2c(-c3ccc(-c4ccccc4)nc3)cnn2c1N. The van der Waals surface area contributed by atoms with Gasteiger partial charge in [-0.1, -0.05) is 62.9 Å². The van der Waals surface area contributed by atoms with Crippen molar-refractivity contribution < 1.29 is 0 Å². The molecule has 2 unspecified atom stereocenters. The van der Waals surface area contributed by atoms with Crippen molar-refractivity contribution in [3.63, 3.8) is 0 Å². The van der Waals surface area contributed by atoms with Gasteiger partial charge in [0.1, 0.15) is 5.82 Å². The molecule has 0 amide bonds. The molecule has 4 aromatic rings. The number of hydrogen-bond acceptors (Lipinski definition) is 5. The van der Waals surface area contributed by atoms with Gasteiger partial charge in [0.15, 0.2) is 5.65 Å². The Morgan fingerprint density at radius 3 is 2.38 bits per heavy atom. The summed E-state index contributed by atoms with van der Waals surface area (Å²) in [6, 6.07) is 14.6. The van der Waals surface area contributed by atoms with Crippen LogP contribution in [0.5, 0.6) is 0 Å². The van der Waals surface area contributed by atoms with Gasteiger partial charge in [0.05, 0.1) is 17.6 Å². The third-order valence-corrected chi connectivity index (χ3v) is 7.19. The van der Waals surface area contributed by atoms with Gasteiger partial charge >= 0.3 is 0 Å². The Labute approximate surface area is 220 Å². The van der Waals surface area contributed by atoms with Gasteiger partial charge in [-0.05, 0) is 45.3 Å². The molecule has 0 aliphatic carbocycles. The van der Waals surface area contributed by atoms with Crippen molar-refractivity contribution in [2.24, 2.45) is 0 Å². The molecule has 3 heterocycles. The van der Waals surface area contributed by atoms with Crippen molar-refractivity contribution in [2.75, 3.05) is 12.8 Å². The largest absolute Gasteiger partial charge is 0.383 e. The van der Waals surface area contributed by atoms with Crippen molar-refractivity contribution in [3.05, 3.63) is 85.0 Å². The first-order valence-corrected chi connectivity index (χ1v) is 13.0. The Morgan fingerprint density at radius 2 is 1.78 bits per heavy atom. The summed E-state index contributed by atoms with van der Waals surface area (Å²) in [5.41, 5.74) is 15.2. The summed E-state index contributed by atoms with van der Waals surface area (Å²) in [5.74, 6) is 0.803. The van der Waals surface area contributed by atoms with Gasteiger partial charge in [0.2, 0.25) is 0 Å². The molecule has 192 valence electrons. The minimum absolute atomic E-state index is 0.224. The fourth-order valence-corrected chi connectivity index (χ4v) is 4.96. The maximum Gasteiger partial charge on any atom is 0.165 e. The number of rotatable bonds is 10. The number of allylic oxidation sites excluding steroid dienone is 2. The van der Waals surface area contributed by atoms with Crippen LogP contribution in [0.25, 0.3) is 33.6 Å². The molecule has 0 bridgehead atoms. The fraction of sp³-hybridized carbons (Fsp3) is 0.323. The van der Waals surface area contributed by atoms with E-state index >= 15 is 0 Å². The van der Waals surface area contributed by atoms with E-state index in [2.05, 4.69) is 62.3 Å². The Hall–Kier alpha value is -3.93. The summed E-state index contributed by atoms with van der Waals surface area (Å²) < 4.78 is 1.74. The van der Waals surface area contributed by atoms with Crippen molar-refractivity contribution in [1.29, 1.82) is 0 Å². The van der Waals surface area contributed by atoms with E-state index in [9.17, 15) is 0 Å². The predicted octanol–water partition coefficient (Wildman–Crippen LogP) is 7.20. The fourth-order valence-electron chi connectivity index (χ4n) is 4.96. The highest BCUT2D eigenvalue weighted by molar-refractivity contribution is 5.82. The molecule has 0 saturated carbocycles. The quantitative estimate of drug-likeness (QED) is 0.252. The first-order chi connectivity index (χ1) is 17.7. The van der Waals surface area contributed by atoms with E-state index in [1.165, 1.54) is 0 Å². The summed E-state index contributed by atoms with van der Waals surface area (Å²) in [6.45, 7) is 16.9. The molecule has 4 rings (SSSR count). The smallest absolute Gasteiger partial charge is 0.165 e. The number of nitrogens with two attached hydrogens (primary N) is 1. The highest BCUT2D eigenvalue weighted by Crippen LogP contribution is 2.37. The van der Waals surface area contributed by atoms with Crippen LogP contribution in [0, 0.1) is 0 Å². The Morgan fingerprint density at radius 1 is 1.05 bits per heavy atom. The van der Waals surface area contributed by atoms with E-state index in [0.29, 0.717) is 11.9 Å². The van der Waals surface area contributed by atoms with Crippen molar-refractivity contribution >= 4 is 17.0 Å². The third kappa shape index (κ3) is 5.29. The minimum atomic E-state index is 0.224. The van der Waals surface area contributed by atoms with E-state index < -0.39 is 0 Å². The Bertz CT molecular complexity index is 1400. The zero-order valence-electron chi connectivity index (χ0n) is 22.7. The lowest BCUT2D eigenvalue weighted by Gasteiger charge is -2.31. The molecule has 0 saturated heterocycles. The molecule has 0 fully saturated rings. The highest BCUT2D eigenvalue weighted by atomic mass is 15.3. The van der Waals surface area contributed by atoms with Gasteiger partial charge in [0, 0.05) is 53.2 Å². The van der Waals surface area contributed by atoms with Crippen LogP contribution in [0.3, 0.4) is 0 Å². The van der Waals surface area contributed by atoms with E-state index in [0.717, 1.165) is 69.8 Å². The van der Waals surface area contributed by atoms with Crippen molar-refractivity contribution in [2.45, 2.75) is 58.9 Å². The average molecular weight is 495 g/mol. The number of benzene rings is 1. The second kappa shape index (κ2) is 11.0. The van der Waals surface area contributed by atoms with E-state index in [1.807, 2.05) is 50.5 Å². The lowest BCUT2D eigenvalue weighted by atomic mass is 9.87. The first-order valence-electron chi connectivity index (χ1n) is 13.0. The summed E-state index contributed by atoms with van der Waals surface area (Å²) in [7, 11) is 2.10. The predicted molar refractivity (Wildman–Crippen MR) is 155 cm³/mol. The minimum Gasteiger partial charge on any atom is -0.383 e. The summed E-state index contributed by atoms with van der Waals surface area (Å²) >= 11 is 0. The van der Waals surface area contributed by atoms with Crippen LogP contribution in [0.4, 0.5) is 5.82 Å². The molecule has 0 aliphatic rings. The molecule has 2 N–H and O–H groups in total. The number of nitrogen functional groups attached to an aromatic ring is 1. The van der Waals surface area contributed by atoms with Crippen LogP contribution in [0.15, 0.2) is 73.7 Å². The second-order valence-electron chi connectivity index (χ2n) is 10.0. The van der Waals surface area contributed by atoms with Gasteiger partial charge < -0.3 is 10.6 Å². The zero-order chi connectivity index (χ0) is 26.7. The topological polar surface area (TPSA) is 72.3 Å². The summed E-state index contributed by atoms with van der Waals surface area (Å²) in [6.07, 6.45) is 6.71. The van der Waals surface area contributed by atoms with E-state index in [4.69, 9.17) is 15.7 Å². The van der Waals surface area contributed by atoms with Crippen LogP contribution in [-0.2, 0) is 0 Å². The molecule has 0 spiro atoms. The van der Waals surface area contributed by atoms with Crippen LogP contribution >= 0.6 is 0 Å². The number of anilines is 1. The van der Waals surface area contributed by atoms with Crippen LogP contribution in [0.1, 0.15) is 64.1 Å². The molecule has 37 heavy (non-hydrogen) atoms.